The first-order chi connectivity index (χ1) is 7.91. The number of hydrogen-bond donors (Lipinski definition) is 2. The number of nitrogens with two attached hydrogens (primary N) is 2. The maximum absolute atomic E-state index is 12.1. The van der Waals surface area contributed by atoms with E-state index in [1.165, 1.54) is 0 Å². The smallest absolute Gasteiger partial charge is 0.239 e. The highest BCUT2D eigenvalue weighted by Crippen LogP contribution is 2.17. The zero-order valence-electron chi connectivity index (χ0n) is 10.7. The summed E-state index contributed by atoms with van der Waals surface area (Å²) < 4.78 is 0. The Balaban J connectivity index is 2.54. The van der Waals surface area contributed by atoms with E-state index in [1.807, 2.05) is 13.8 Å². The van der Waals surface area contributed by atoms with Crippen LogP contribution in [0.5, 0.6) is 0 Å². The monoisotopic (exact) mass is 241 g/mol. The number of nitrogens with zero attached hydrogens (tertiary/aromatic N) is 1. The van der Waals surface area contributed by atoms with Crippen LogP contribution < -0.4 is 11.5 Å². The standard InChI is InChI=1S/C12H23N3O2/c1-8(2)6-10(13)12(17)15-5-3-4-9(7-15)11(14)16/h8-10H,3-7,13H2,1-2H3,(H2,14,16). The summed E-state index contributed by atoms with van der Waals surface area (Å²) in [6.07, 6.45) is 2.28. The van der Waals surface area contributed by atoms with E-state index in [0.717, 1.165) is 12.8 Å². The summed E-state index contributed by atoms with van der Waals surface area (Å²) in [6, 6.07) is -0.457. The number of primary amides is 1. The first-order valence-corrected chi connectivity index (χ1v) is 6.25. The fourth-order valence-electron chi connectivity index (χ4n) is 2.25. The van der Waals surface area contributed by atoms with Gasteiger partial charge in [0.25, 0.3) is 0 Å². The molecule has 1 rings (SSSR count). The molecule has 0 aromatic heterocycles. The van der Waals surface area contributed by atoms with Crippen LogP contribution in [0.1, 0.15) is 33.1 Å². The Bertz CT molecular complexity index is 291. The SMILES string of the molecule is CC(C)CC(N)C(=O)N1CCCC(C(N)=O)C1. The van der Waals surface area contributed by atoms with Crippen LogP contribution in [0.4, 0.5) is 0 Å². The Morgan fingerprint density at radius 3 is 2.59 bits per heavy atom. The van der Waals surface area contributed by atoms with Gasteiger partial charge >= 0.3 is 0 Å². The number of amides is 2. The quantitative estimate of drug-likeness (QED) is 0.730. The molecule has 5 nitrogen and oxygen atoms in total. The molecule has 0 radical (unpaired) electrons. The first-order valence-electron chi connectivity index (χ1n) is 6.25. The second kappa shape index (κ2) is 6.00. The molecule has 4 N–H and O–H groups in total. The van der Waals surface area contributed by atoms with Crippen molar-refractivity contribution in [3.8, 4) is 0 Å². The van der Waals surface area contributed by atoms with Gasteiger partial charge in [-0.2, -0.15) is 0 Å². The maximum atomic E-state index is 12.1. The minimum atomic E-state index is -0.457. The maximum Gasteiger partial charge on any atom is 0.239 e. The number of rotatable bonds is 4. The summed E-state index contributed by atoms with van der Waals surface area (Å²) >= 11 is 0. The number of hydrogen-bond acceptors (Lipinski definition) is 3. The van der Waals surface area contributed by atoms with Gasteiger partial charge < -0.3 is 16.4 Å². The molecule has 2 atom stereocenters. The van der Waals surface area contributed by atoms with Gasteiger partial charge in [0.2, 0.25) is 11.8 Å². The van der Waals surface area contributed by atoms with Gasteiger partial charge in [0.05, 0.1) is 12.0 Å². The van der Waals surface area contributed by atoms with E-state index in [4.69, 9.17) is 11.5 Å². The van der Waals surface area contributed by atoms with Crippen molar-refractivity contribution in [2.45, 2.75) is 39.2 Å². The van der Waals surface area contributed by atoms with Gasteiger partial charge in [0.1, 0.15) is 0 Å². The van der Waals surface area contributed by atoms with E-state index >= 15 is 0 Å². The molecule has 5 heteroatoms. The van der Waals surface area contributed by atoms with Crippen molar-refractivity contribution in [3.63, 3.8) is 0 Å². The van der Waals surface area contributed by atoms with Crippen molar-refractivity contribution >= 4 is 11.8 Å². The lowest BCUT2D eigenvalue weighted by Crippen LogP contribution is -2.50. The second-order valence-electron chi connectivity index (χ2n) is 5.26. The topological polar surface area (TPSA) is 89.4 Å². The van der Waals surface area contributed by atoms with Crippen LogP contribution in [0.15, 0.2) is 0 Å². The van der Waals surface area contributed by atoms with E-state index in [2.05, 4.69) is 0 Å². The molecular weight excluding hydrogens is 218 g/mol. The lowest BCUT2D eigenvalue weighted by Gasteiger charge is -2.33. The third kappa shape index (κ3) is 4.00. The zero-order valence-corrected chi connectivity index (χ0v) is 10.7. The Kier molecular flexibility index (Phi) is 4.93. The molecular formula is C12H23N3O2. The molecule has 1 fully saturated rings. The van der Waals surface area contributed by atoms with Crippen molar-refractivity contribution in [3.05, 3.63) is 0 Å². The first kappa shape index (κ1) is 14.0. The zero-order chi connectivity index (χ0) is 13.0. The van der Waals surface area contributed by atoms with E-state index in [1.54, 1.807) is 4.90 Å². The number of carbonyl (C=O) groups excluding carboxylic acids is 2. The third-order valence-corrected chi connectivity index (χ3v) is 3.18. The molecule has 98 valence electrons. The van der Waals surface area contributed by atoms with Crippen LogP contribution >= 0.6 is 0 Å². The van der Waals surface area contributed by atoms with Crippen molar-refractivity contribution in [1.82, 2.24) is 4.90 Å². The Morgan fingerprint density at radius 1 is 1.41 bits per heavy atom. The van der Waals surface area contributed by atoms with Crippen molar-refractivity contribution in [2.24, 2.45) is 23.3 Å². The molecule has 0 bridgehead atoms. The largest absolute Gasteiger partial charge is 0.369 e. The second-order valence-corrected chi connectivity index (χ2v) is 5.26. The van der Waals surface area contributed by atoms with Crippen molar-refractivity contribution in [1.29, 1.82) is 0 Å². The van der Waals surface area contributed by atoms with Crippen molar-refractivity contribution in [2.75, 3.05) is 13.1 Å². The Morgan fingerprint density at radius 2 is 2.06 bits per heavy atom. The van der Waals surface area contributed by atoms with Crippen LogP contribution in [0.2, 0.25) is 0 Å². The predicted octanol–water partition coefficient (Wildman–Crippen LogP) is 0.0837. The number of likely N-dealkylation sites (tertiary alicyclic amines) is 1. The van der Waals surface area contributed by atoms with Gasteiger partial charge in [0, 0.05) is 13.1 Å². The van der Waals surface area contributed by atoms with Gasteiger partial charge in [0.15, 0.2) is 0 Å². The highest BCUT2D eigenvalue weighted by molar-refractivity contribution is 5.83. The van der Waals surface area contributed by atoms with Gasteiger partial charge in [-0.05, 0) is 25.2 Å². The highest BCUT2D eigenvalue weighted by atomic mass is 16.2. The van der Waals surface area contributed by atoms with Gasteiger partial charge in [-0.3, -0.25) is 9.59 Å². The van der Waals surface area contributed by atoms with E-state index in [9.17, 15) is 9.59 Å². The fraction of sp³-hybridized carbons (Fsp3) is 0.833. The molecule has 0 aliphatic carbocycles. The van der Waals surface area contributed by atoms with Gasteiger partial charge in [-0.1, -0.05) is 13.8 Å². The summed E-state index contributed by atoms with van der Waals surface area (Å²) in [7, 11) is 0. The van der Waals surface area contributed by atoms with E-state index < -0.39 is 6.04 Å². The molecule has 1 aliphatic heterocycles. The van der Waals surface area contributed by atoms with Crippen LogP contribution in [0.3, 0.4) is 0 Å². The van der Waals surface area contributed by atoms with Crippen LogP contribution in [0, 0.1) is 11.8 Å². The molecule has 1 saturated heterocycles. The Labute approximate surface area is 103 Å². The van der Waals surface area contributed by atoms with Crippen molar-refractivity contribution < 1.29 is 9.59 Å². The lowest BCUT2D eigenvalue weighted by atomic mass is 9.96. The summed E-state index contributed by atoms with van der Waals surface area (Å²) in [6.45, 7) is 5.19. The summed E-state index contributed by atoms with van der Waals surface area (Å²) in [5, 5.41) is 0. The Hall–Kier alpha value is -1.10. The third-order valence-electron chi connectivity index (χ3n) is 3.18. The average Bonchev–Trinajstić information content (AvgIpc) is 2.27. The van der Waals surface area contributed by atoms with Gasteiger partial charge in [-0.15, -0.1) is 0 Å². The molecule has 0 aromatic rings. The summed E-state index contributed by atoms with van der Waals surface area (Å²) in [5.74, 6) is -0.186. The number of piperidine rings is 1. The lowest BCUT2D eigenvalue weighted by molar-refractivity contribution is -0.136. The highest BCUT2D eigenvalue weighted by Gasteiger charge is 2.29. The van der Waals surface area contributed by atoms with Gasteiger partial charge in [-0.25, -0.2) is 0 Å². The predicted molar refractivity (Wildman–Crippen MR) is 65.9 cm³/mol. The van der Waals surface area contributed by atoms with E-state index in [-0.39, 0.29) is 17.7 Å². The average molecular weight is 241 g/mol. The summed E-state index contributed by atoms with van der Waals surface area (Å²) in [5.41, 5.74) is 11.1. The molecule has 2 amide bonds. The van der Waals surface area contributed by atoms with Crippen LogP contribution in [-0.2, 0) is 9.59 Å². The minimum Gasteiger partial charge on any atom is -0.369 e. The molecule has 0 spiro atoms. The van der Waals surface area contributed by atoms with Crippen LogP contribution in [0.25, 0.3) is 0 Å². The molecule has 1 aliphatic rings. The fourth-order valence-corrected chi connectivity index (χ4v) is 2.25. The molecule has 17 heavy (non-hydrogen) atoms. The van der Waals surface area contributed by atoms with E-state index in [0.29, 0.717) is 25.4 Å². The molecule has 0 saturated carbocycles. The molecule has 0 aromatic carbocycles. The normalized spacial score (nSPS) is 22.6. The number of carbonyl (C=O) groups is 2. The summed E-state index contributed by atoms with van der Waals surface area (Å²) in [4.78, 5) is 24.9. The molecule has 2 unspecified atom stereocenters. The van der Waals surface area contributed by atoms with Crippen LogP contribution in [-0.4, -0.2) is 35.8 Å². The minimum absolute atomic E-state index is 0.0512. The molecule has 1 heterocycles.